The Morgan fingerprint density at radius 1 is 1.13 bits per heavy atom. The minimum Gasteiger partial charge on any atom is -0.481 e. The van der Waals surface area contributed by atoms with Gasteiger partial charge in [0.15, 0.2) is 11.2 Å². The maximum Gasteiger partial charge on any atom is 0.265 e. The Bertz CT molecular complexity index is 1140. The summed E-state index contributed by atoms with van der Waals surface area (Å²) >= 11 is 1.19. The lowest BCUT2D eigenvalue weighted by Crippen LogP contribution is -2.30. The predicted molar refractivity (Wildman–Crippen MR) is 117 cm³/mol. The van der Waals surface area contributed by atoms with E-state index >= 15 is 0 Å². The van der Waals surface area contributed by atoms with Crippen LogP contribution in [0.4, 0.5) is 10.8 Å². The molecule has 2 aromatic carbocycles. The maximum atomic E-state index is 12.5. The molecule has 156 valence electrons. The van der Waals surface area contributed by atoms with Gasteiger partial charge in [-0.25, -0.2) is 13.4 Å². The second kappa shape index (κ2) is 8.45. The number of ether oxygens (including phenoxy) is 1. The molecule has 9 heteroatoms. The van der Waals surface area contributed by atoms with Crippen LogP contribution in [0.3, 0.4) is 0 Å². The van der Waals surface area contributed by atoms with E-state index in [0.29, 0.717) is 16.6 Å². The van der Waals surface area contributed by atoms with Gasteiger partial charge in [0.2, 0.25) is 0 Å². The first-order chi connectivity index (χ1) is 14.4. The Morgan fingerprint density at radius 3 is 2.63 bits per heavy atom. The Hall–Kier alpha value is -2.91. The van der Waals surface area contributed by atoms with Gasteiger partial charge in [-0.2, -0.15) is 0 Å². The summed E-state index contributed by atoms with van der Waals surface area (Å²) in [5, 5.41) is 4.73. The van der Waals surface area contributed by atoms with Crippen molar-refractivity contribution < 1.29 is 17.9 Å². The summed E-state index contributed by atoms with van der Waals surface area (Å²) in [4.78, 5) is 16.5. The van der Waals surface area contributed by atoms with Gasteiger partial charge in [-0.1, -0.05) is 6.07 Å². The van der Waals surface area contributed by atoms with E-state index in [2.05, 4.69) is 21.1 Å². The van der Waals surface area contributed by atoms with Crippen molar-refractivity contribution in [1.29, 1.82) is 0 Å². The molecule has 1 heterocycles. The normalized spacial score (nSPS) is 14.0. The van der Waals surface area contributed by atoms with Crippen LogP contribution in [0.15, 0.2) is 58.9 Å². The van der Waals surface area contributed by atoms with Crippen molar-refractivity contribution in [1.82, 2.24) is 4.98 Å². The fourth-order valence-electron chi connectivity index (χ4n) is 3.29. The highest BCUT2D eigenvalue weighted by Gasteiger charge is 2.19. The third-order valence-corrected chi connectivity index (χ3v) is 7.01. The van der Waals surface area contributed by atoms with Crippen LogP contribution in [0, 0.1) is 0 Å². The van der Waals surface area contributed by atoms with Crippen molar-refractivity contribution in [3.63, 3.8) is 0 Å². The minimum atomic E-state index is -3.73. The first-order valence-electron chi connectivity index (χ1n) is 9.52. The van der Waals surface area contributed by atoms with E-state index in [0.717, 1.165) is 19.3 Å². The lowest BCUT2D eigenvalue weighted by atomic mass is 10.1. The Kier molecular flexibility index (Phi) is 5.74. The molecule has 0 saturated carbocycles. The monoisotopic (exact) mass is 443 g/mol. The number of amides is 1. The van der Waals surface area contributed by atoms with Crippen molar-refractivity contribution in [2.75, 3.05) is 10.0 Å². The molecule has 1 amide bonds. The average molecular weight is 444 g/mol. The average Bonchev–Trinajstić information content (AvgIpc) is 3.39. The number of nitrogens with zero attached hydrogens (tertiary/aromatic N) is 1. The number of sulfonamides is 1. The van der Waals surface area contributed by atoms with Crippen LogP contribution in [-0.2, 0) is 27.7 Å². The number of rotatable bonds is 7. The SMILES string of the molecule is CC(Oc1ccc2c(c1)CCC2)C(=O)Nc1ccc(S(=O)(=O)Nc2nccs2)cc1. The van der Waals surface area contributed by atoms with Crippen molar-refractivity contribution in [2.45, 2.75) is 37.2 Å². The van der Waals surface area contributed by atoms with Gasteiger partial charge in [0.1, 0.15) is 5.75 Å². The molecule has 3 aromatic rings. The molecule has 0 radical (unpaired) electrons. The van der Waals surface area contributed by atoms with Gasteiger partial charge in [0.25, 0.3) is 15.9 Å². The minimum absolute atomic E-state index is 0.0816. The number of aromatic nitrogens is 1. The number of benzene rings is 2. The molecule has 2 N–H and O–H groups in total. The van der Waals surface area contributed by atoms with E-state index in [4.69, 9.17) is 4.74 Å². The number of hydrogen-bond donors (Lipinski definition) is 2. The van der Waals surface area contributed by atoms with Gasteiger partial charge in [-0.05, 0) is 73.7 Å². The number of anilines is 2. The van der Waals surface area contributed by atoms with Gasteiger partial charge in [-0.3, -0.25) is 9.52 Å². The second-order valence-corrected chi connectivity index (χ2v) is 9.58. The highest BCUT2D eigenvalue weighted by atomic mass is 32.2. The number of carbonyl (C=O) groups is 1. The summed E-state index contributed by atoms with van der Waals surface area (Å²) in [6.45, 7) is 1.68. The summed E-state index contributed by atoms with van der Waals surface area (Å²) in [6.07, 6.45) is 4.11. The van der Waals surface area contributed by atoms with Gasteiger partial charge in [0.05, 0.1) is 4.90 Å². The van der Waals surface area contributed by atoms with Crippen LogP contribution >= 0.6 is 11.3 Å². The fraction of sp³-hybridized carbons (Fsp3) is 0.238. The predicted octanol–water partition coefficient (Wildman–Crippen LogP) is 3.84. The molecule has 0 bridgehead atoms. The maximum absolute atomic E-state index is 12.5. The number of fused-ring (bicyclic) bond motifs is 1. The van der Waals surface area contributed by atoms with Gasteiger partial charge in [-0.15, -0.1) is 11.3 Å². The quantitative estimate of drug-likeness (QED) is 0.578. The van der Waals surface area contributed by atoms with Crippen LogP contribution < -0.4 is 14.8 Å². The number of thiazole rings is 1. The van der Waals surface area contributed by atoms with Crippen LogP contribution in [-0.4, -0.2) is 25.4 Å². The molecule has 1 aliphatic rings. The summed E-state index contributed by atoms with van der Waals surface area (Å²) in [5.74, 6) is 0.361. The molecule has 7 nitrogen and oxygen atoms in total. The molecule has 1 aromatic heterocycles. The smallest absolute Gasteiger partial charge is 0.265 e. The van der Waals surface area contributed by atoms with E-state index in [1.54, 1.807) is 12.3 Å². The number of nitrogens with one attached hydrogen (secondary N) is 2. The van der Waals surface area contributed by atoms with Crippen LogP contribution in [0.1, 0.15) is 24.5 Å². The highest BCUT2D eigenvalue weighted by molar-refractivity contribution is 7.93. The largest absolute Gasteiger partial charge is 0.481 e. The molecule has 0 aliphatic heterocycles. The molecule has 0 saturated heterocycles. The van der Waals surface area contributed by atoms with E-state index in [1.165, 1.54) is 52.9 Å². The van der Waals surface area contributed by atoms with Crippen molar-refractivity contribution in [3.05, 3.63) is 65.2 Å². The standard InChI is InChI=1S/C21H21N3O4S2/c1-14(28-18-8-5-15-3-2-4-16(15)13-18)20(25)23-17-6-9-19(10-7-17)30(26,27)24-21-22-11-12-29-21/h5-14H,2-4H2,1H3,(H,22,24)(H,23,25). The zero-order chi connectivity index (χ0) is 21.1. The van der Waals surface area contributed by atoms with Gasteiger partial charge < -0.3 is 10.1 Å². The Morgan fingerprint density at radius 2 is 1.90 bits per heavy atom. The first-order valence-corrected chi connectivity index (χ1v) is 11.9. The van der Waals surface area contributed by atoms with Crippen LogP contribution in [0.25, 0.3) is 0 Å². The lowest BCUT2D eigenvalue weighted by molar-refractivity contribution is -0.122. The summed E-state index contributed by atoms with van der Waals surface area (Å²) in [7, 11) is -3.73. The lowest BCUT2D eigenvalue weighted by Gasteiger charge is -2.16. The van der Waals surface area contributed by atoms with Crippen molar-refractivity contribution in [2.24, 2.45) is 0 Å². The molecule has 0 fully saturated rings. The Balaban J connectivity index is 1.37. The molecular formula is C21H21N3O4S2. The zero-order valence-corrected chi connectivity index (χ0v) is 17.9. The van der Waals surface area contributed by atoms with E-state index in [1.807, 2.05) is 12.1 Å². The summed E-state index contributed by atoms with van der Waals surface area (Å²) in [6, 6.07) is 11.9. The molecule has 0 spiro atoms. The summed E-state index contributed by atoms with van der Waals surface area (Å²) < 4.78 is 32.9. The van der Waals surface area contributed by atoms with Crippen LogP contribution in [0.2, 0.25) is 0 Å². The topological polar surface area (TPSA) is 97.4 Å². The number of hydrogen-bond acceptors (Lipinski definition) is 6. The summed E-state index contributed by atoms with van der Waals surface area (Å²) in [5.41, 5.74) is 3.11. The Labute approximate surface area is 179 Å². The van der Waals surface area contributed by atoms with E-state index in [-0.39, 0.29) is 10.8 Å². The molecule has 4 rings (SSSR count). The third-order valence-electron chi connectivity index (χ3n) is 4.84. The number of carbonyl (C=O) groups excluding carboxylic acids is 1. The van der Waals surface area contributed by atoms with E-state index in [9.17, 15) is 13.2 Å². The number of aryl methyl sites for hydroxylation is 2. The molecule has 1 aliphatic carbocycles. The van der Waals surface area contributed by atoms with Gasteiger partial charge in [0, 0.05) is 17.3 Å². The zero-order valence-electron chi connectivity index (χ0n) is 16.3. The van der Waals surface area contributed by atoms with Gasteiger partial charge >= 0.3 is 0 Å². The van der Waals surface area contributed by atoms with Crippen LogP contribution in [0.5, 0.6) is 5.75 Å². The molecule has 30 heavy (non-hydrogen) atoms. The molecular weight excluding hydrogens is 422 g/mol. The highest BCUT2D eigenvalue weighted by Crippen LogP contribution is 2.26. The van der Waals surface area contributed by atoms with E-state index < -0.39 is 16.1 Å². The third kappa shape index (κ3) is 4.63. The van der Waals surface area contributed by atoms with Crippen molar-refractivity contribution in [3.8, 4) is 5.75 Å². The second-order valence-electron chi connectivity index (χ2n) is 7.00. The fourth-order valence-corrected chi connectivity index (χ4v) is 5.08. The molecule has 1 unspecified atom stereocenters. The first kappa shape index (κ1) is 20.4. The van der Waals surface area contributed by atoms with Crippen molar-refractivity contribution >= 4 is 38.1 Å². The molecule has 1 atom stereocenters.